The number of ether oxygens (including phenoxy) is 1. The van der Waals surface area contributed by atoms with Crippen LogP contribution in [0.2, 0.25) is 5.02 Å². The molecule has 0 saturated heterocycles. The molecule has 0 saturated carbocycles. The number of nitro benzene ring substituents is 1. The van der Waals surface area contributed by atoms with E-state index in [0.717, 1.165) is 31.4 Å². The first-order valence-corrected chi connectivity index (χ1v) is 6.95. The highest BCUT2D eigenvalue weighted by atomic mass is 35.5. The van der Waals surface area contributed by atoms with E-state index in [2.05, 4.69) is 10.1 Å². The summed E-state index contributed by atoms with van der Waals surface area (Å²) in [5.41, 5.74) is -1.80. The minimum absolute atomic E-state index is 0.112. The number of esters is 1. The van der Waals surface area contributed by atoms with Gasteiger partial charge in [-0.3, -0.25) is 14.9 Å². The van der Waals surface area contributed by atoms with Crippen molar-refractivity contribution in [2.24, 2.45) is 0 Å². The SMILES string of the molecule is COC(=O)c1cc(NC(=O)c2cc([N+](=O)[O-])ccc2Cl)c(F)cc1F. The molecule has 130 valence electrons. The molecule has 0 bridgehead atoms. The number of rotatable bonds is 4. The Balaban J connectivity index is 2.40. The highest BCUT2D eigenvalue weighted by molar-refractivity contribution is 6.34. The standard InChI is InChI=1S/C15H9ClF2N2O5/c1-25-15(22)9-5-13(12(18)6-11(9)17)19-14(21)8-4-7(20(23)24)2-3-10(8)16/h2-6H,1H3,(H,19,21). The number of methoxy groups -OCH3 is 1. The normalized spacial score (nSPS) is 10.2. The van der Waals surface area contributed by atoms with Crippen molar-refractivity contribution in [3.63, 3.8) is 0 Å². The number of benzene rings is 2. The minimum atomic E-state index is -1.17. The van der Waals surface area contributed by atoms with Gasteiger partial charge in [0.25, 0.3) is 11.6 Å². The molecular weight excluding hydrogens is 362 g/mol. The van der Waals surface area contributed by atoms with Crippen molar-refractivity contribution in [1.29, 1.82) is 0 Å². The van der Waals surface area contributed by atoms with Crippen LogP contribution < -0.4 is 5.32 Å². The van der Waals surface area contributed by atoms with Gasteiger partial charge in [0.15, 0.2) is 0 Å². The van der Waals surface area contributed by atoms with E-state index in [0.29, 0.717) is 6.07 Å². The molecule has 0 unspecified atom stereocenters. The summed E-state index contributed by atoms with van der Waals surface area (Å²) in [4.78, 5) is 33.7. The second kappa shape index (κ2) is 7.22. The molecule has 0 aliphatic carbocycles. The molecule has 0 aliphatic heterocycles. The van der Waals surface area contributed by atoms with Crippen molar-refractivity contribution < 1.29 is 28.0 Å². The first-order chi connectivity index (χ1) is 11.7. The molecule has 0 heterocycles. The number of non-ortho nitro benzene ring substituents is 1. The zero-order chi connectivity index (χ0) is 18.7. The molecular formula is C15H9ClF2N2O5. The molecule has 25 heavy (non-hydrogen) atoms. The smallest absolute Gasteiger partial charge is 0.340 e. The maximum atomic E-state index is 13.8. The maximum absolute atomic E-state index is 13.8. The number of hydrogen-bond acceptors (Lipinski definition) is 5. The lowest BCUT2D eigenvalue weighted by molar-refractivity contribution is -0.384. The van der Waals surface area contributed by atoms with E-state index in [1.165, 1.54) is 0 Å². The topological polar surface area (TPSA) is 98.5 Å². The Morgan fingerprint density at radius 3 is 2.44 bits per heavy atom. The Morgan fingerprint density at radius 2 is 1.84 bits per heavy atom. The van der Waals surface area contributed by atoms with Crippen LogP contribution in [0, 0.1) is 21.7 Å². The van der Waals surface area contributed by atoms with E-state index in [1.807, 2.05) is 0 Å². The van der Waals surface area contributed by atoms with Gasteiger partial charge in [-0.25, -0.2) is 13.6 Å². The second-order valence-corrected chi connectivity index (χ2v) is 5.09. The Bertz CT molecular complexity index is 888. The summed E-state index contributed by atoms with van der Waals surface area (Å²) in [5.74, 6) is -4.37. The van der Waals surface area contributed by atoms with Gasteiger partial charge in [-0.05, 0) is 12.1 Å². The minimum Gasteiger partial charge on any atom is -0.465 e. The third kappa shape index (κ3) is 3.89. The van der Waals surface area contributed by atoms with Gasteiger partial charge in [0, 0.05) is 18.2 Å². The number of carbonyl (C=O) groups is 2. The van der Waals surface area contributed by atoms with Crippen molar-refractivity contribution in [2.45, 2.75) is 0 Å². The summed E-state index contributed by atoms with van der Waals surface area (Å²) in [6.07, 6.45) is 0. The van der Waals surface area contributed by atoms with Crippen molar-refractivity contribution in [3.05, 3.63) is 68.2 Å². The van der Waals surface area contributed by atoms with E-state index in [4.69, 9.17) is 11.6 Å². The maximum Gasteiger partial charge on any atom is 0.340 e. The highest BCUT2D eigenvalue weighted by Crippen LogP contribution is 2.25. The third-order valence-electron chi connectivity index (χ3n) is 3.12. The van der Waals surface area contributed by atoms with Gasteiger partial charge in [0.2, 0.25) is 0 Å². The average Bonchev–Trinajstić information content (AvgIpc) is 2.56. The first-order valence-electron chi connectivity index (χ1n) is 6.57. The molecule has 0 aliphatic rings. The Labute approximate surface area is 144 Å². The summed E-state index contributed by atoms with van der Waals surface area (Å²) in [6.45, 7) is 0. The quantitative estimate of drug-likeness (QED) is 0.504. The van der Waals surface area contributed by atoms with Crippen molar-refractivity contribution in [1.82, 2.24) is 0 Å². The number of amides is 1. The number of hydrogen-bond donors (Lipinski definition) is 1. The molecule has 0 spiro atoms. The van der Waals surface area contributed by atoms with Crippen LogP contribution in [0.25, 0.3) is 0 Å². The molecule has 0 aromatic heterocycles. The Hall–Kier alpha value is -3.07. The summed E-state index contributed by atoms with van der Waals surface area (Å²) in [5, 5.41) is 12.7. The number of halogens is 3. The zero-order valence-electron chi connectivity index (χ0n) is 12.5. The molecule has 2 rings (SSSR count). The number of carbonyl (C=O) groups excluding carboxylic acids is 2. The predicted molar refractivity (Wildman–Crippen MR) is 83.8 cm³/mol. The Kier molecular flexibility index (Phi) is 5.28. The number of nitro groups is 1. The lowest BCUT2D eigenvalue weighted by atomic mass is 10.1. The molecule has 1 amide bonds. The molecule has 7 nitrogen and oxygen atoms in total. The van der Waals surface area contributed by atoms with Crippen LogP contribution in [0.15, 0.2) is 30.3 Å². The lowest BCUT2D eigenvalue weighted by Gasteiger charge is -2.10. The van der Waals surface area contributed by atoms with Crippen LogP contribution in [0.4, 0.5) is 20.2 Å². The monoisotopic (exact) mass is 370 g/mol. The van der Waals surface area contributed by atoms with E-state index in [-0.39, 0.29) is 10.6 Å². The van der Waals surface area contributed by atoms with Gasteiger partial charge in [-0.1, -0.05) is 11.6 Å². The largest absolute Gasteiger partial charge is 0.465 e. The van der Waals surface area contributed by atoms with Crippen LogP contribution in [-0.4, -0.2) is 23.9 Å². The van der Waals surface area contributed by atoms with Crippen molar-refractivity contribution in [3.8, 4) is 0 Å². The summed E-state index contributed by atoms with van der Waals surface area (Å²) in [7, 11) is 1.01. The second-order valence-electron chi connectivity index (χ2n) is 4.68. The van der Waals surface area contributed by atoms with Gasteiger partial charge in [0.05, 0.1) is 33.9 Å². The van der Waals surface area contributed by atoms with Gasteiger partial charge < -0.3 is 10.1 Å². The number of nitrogens with zero attached hydrogens (tertiary/aromatic N) is 1. The molecule has 2 aromatic carbocycles. The Morgan fingerprint density at radius 1 is 1.16 bits per heavy atom. The van der Waals surface area contributed by atoms with Crippen LogP contribution in [0.3, 0.4) is 0 Å². The van der Waals surface area contributed by atoms with E-state index in [9.17, 15) is 28.5 Å². The third-order valence-corrected chi connectivity index (χ3v) is 3.45. The average molecular weight is 371 g/mol. The van der Waals surface area contributed by atoms with Crippen LogP contribution in [0.1, 0.15) is 20.7 Å². The van der Waals surface area contributed by atoms with Crippen LogP contribution >= 0.6 is 11.6 Å². The van der Waals surface area contributed by atoms with Gasteiger partial charge in [-0.15, -0.1) is 0 Å². The van der Waals surface area contributed by atoms with E-state index < -0.39 is 45.4 Å². The predicted octanol–water partition coefficient (Wildman–Crippen LogP) is 3.57. The van der Waals surface area contributed by atoms with Gasteiger partial charge in [-0.2, -0.15) is 0 Å². The zero-order valence-corrected chi connectivity index (χ0v) is 13.3. The molecule has 1 N–H and O–H groups in total. The molecule has 0 radical (unpaired) electrons. The summed E-state index contributed by atoms with van der Waals surface area (Å²) < 4.78 is 31.8. The highest BCUT2D eigenvalue weighted by Gasteiger charge is 2.20. The number of nitrogens with one attached hydrogen (secondary N) is 1. The fraction of sp³-hybridized carbons (Fsp3) is 0.0667. The van der Waals surface area contributed by atoms with Crippen LogP contribution in [-0.2, 0) is 4.74 Å². The molecule has 10 heteroatoms. The van der Waals surface area contributed by atoms with Crippen molar-refractivity contribution in [2.75, 3.05) is 12.4 Å². The summed E-state index contributed by atoms with van der Waals surface area (Å²) in [6, 6.07) is 4.28. The number of anilines is 1. The van der Waals surface area contributed by atoms with Gasteiger partial charge >= 0.3 is 5.97 Å². The lowest BCUT2D eigenvalue weighted by Crippen LogP contribution is -2.15. The molecule has 2 aromatic rings. The fourth-order valence-corrected chi connectivity index (χ4v) is 2.11. The van der Waals surface area contributed by atoms with Crippen LogP contribution in [0.5, 0.6) is 0 Å². The summed E-state index contributed by atoms with van der Waals surface area (Å²) >= 11 is 5.82. The fourth-order valence-electron chi connectivity index (χ4n) is 1.90. The molecule has 0 fully saturated rings. The molecule has 0 atom stereocenters. The van der Waals surface area contributed by atoms with Gasteiger partial charge in [0.1, 0.15) is 11.6 Å². The first kappa shape index (κ1) is 18.3. The van der Waals surface area contributed by atoms with E-state index >= 15 is 0 Å². The van der Waals surface area contributed by atoms with E-state index in [1.54, 1.807) is 0 Å². The van der Waals surface area contributed by atoms with Crippen molar-refractivity contribution >= 4 is 34.9 Å².